The van der Waals surface area contributed by atoms with Gasteiger partial charge in [0.05, 0.1) is 17.4 Å². The molecule has 1 fully saturated rings. The summed E-state index contributed by atoms with van der Waals surface area (Å²) in [6.45, 7) is 0. The van der Waals surface area contributed by atoms with Crippen molar-refractivity contribution >= 4 is 22.6 Å². The SMILES string of the molecule is Clc1ccc2c(c1)ncn2C1CC1. The molecule has 0 radical (unpaired) electrons. The molecule has 3 heteroatoms. The van der Waals surface area contributed by atoms with Crippen LogP contribution in [0.25, 0.3) is 11.0 Å². The minimum absolute atomic E-state index is 0.686. The van der Waals surface area contributed by atoms with E-state index in [4.69, 9.17) is 11.6 Å². The average Bonchev–Trinajstić information content (AvgIpc) is 2.87. The molecular formula is C10H9ClN2. The summed E-state index contributed by atoms with van der Waals surface area (Å²) in [6.07, 6.45) is 4.49. The lowest BCUT2D eigenvalue weighted by Crippen LogP contribution is -1.89. The number of rotatable bonds is 1. The van der Waals surface area contributed by atoms with Crippen molar-refractivity contribution in [2.24, 2.45) is 0 Å². The summed E-state index contributed by atoms with van der Waals surface area (Å²) < 4.78 is 2.24. The van der Waals surface area contributed by atoms with Gasteiger partial charge in [-0.05, 0) is 31.0 Å². The van der Waals surface area contributed by atoms with Crippen LogP contribution in [-0.2, 0) is 0 Å². The normalized spacial score (nSPS) is 16.7. The molecule has 0 bridgehead atoms. The van der Waals surface area contributed by atoms with Crippen LogP contribution in [0.1, 0.15) is 18.9 Å². The van der Waals surface area contributed by atoms with Crippen molar-refractivity contribution in [3.63, 3.8) is 0 Å². The second-order valence-electron chi connectivity index (χ2n) is 3.52. The first-order valence-corrected chi connectivity index (χ1v) is 4.84. The highest BCUT2D eigenvalue weighted by atomic mass is 35.5. The maximum Gasteiger partial charge on any atom is 0.0960 e. The smallest absolute Gasteiger partial charge is 0.0960 e. The predicted molar refractivity (Wildman–Crippen MR) is 53.0 cm³/mol. The van der Waals surface area contributed by atoms with E-state index in [1.54, 1.807) is 0 Å². The Morgan fingerprint density at radius 2 is 2.23 bits per heavy atom. The van der Waals surface area contributed by atoms with Gasteiger partial charge in [-0.2, -0.15) is 0 Å². The van der Waals surface area contributed by atoms with Crippen LogP contribution in [0.3, 0.4) is 0 Å². The molecule has 1 aromatic heterocycles. The van der Waals surface area contributed by atoms with E-state index < -0.39 is 0 Å². The topological polar surface area (TPSA) is 17.8 Å². The average molecular weight is 193 g/mol. The van der Waals surface area contributed by atoms with Crippen LogP contribution in [0.2, 0.25) is 5.02 Å². The van der Waals surface area contributed by atoms with E-state index in [1.807, 2.05) is 24.5 Å². The molecular weight excluding hydrogens is 184 g/mol. The van der Waals surface area contributed by atoms with Crippen LogP contribution < -0.4 is 0 Å². The van der Waals surface area contributed by atoms with E-state index in [1.165, 1.54) is 18.4 Å². The van der Waals surface area contributed by atoms with Crippen molar-refractivity contribution in [3.05, 3.63) is 29.5 Å². The molecule has 1 heterocycles. The molecule has 3 rings (SSSR count). The molecule has 0 amide bonds. The molecule has 0 aliphatic heterocycles. The zero-order chi connectivity index (χ0) is 8.84. The van der Waals surface area contributed by atoms with Crippen LogP contribution in [-0.4, -0.2) is 9.55 Å². The van der Waals surface area contributed by atoms with Crippen LogP contribution >= 0.6 is 11.6 Å². The second-order valence-corrected chi connectivity index (χ2v) is 3.95. The van der Waals surface area contributed by atoms with Crippen molar-refractivity contribution < 1.29 is 0 Å². The van der Waals surface area contributed by atoms with Gasteiger partial charge >= 0.3 is 0 Å². The number of benzene rings is 1. The Labute approximate surface area is 81.1 Å². The molecule has 0 spiro atoms. The number of hydrogen-bond acceptors (Lipinski definition) is 1. The van der Waals surface area contributed by atoms with E-state index in [0.29, 0.717) is 6.04 Å². The Hall–Kier alpha value is -1.02. The largest absolute Gasteiger partial charge is 0.327 e. The maximum atomic E-state index is 5.87. The standard InChI is InChI=1S/C10H9ClN2/c11-7-1-4-10-9(5-7)12-6-13(10)8-2-3-8/h1,4-6,8H,2-3H2. The molecule has 1 aliphatic rings. The highest BCUT2D eigenvalue weighted by Crippen LogP contribution is 2.37. The Morgan fingerprint density at radius 1 is 1.38 bits per heavy atom. The van der Waals surface area contributed by atoms with Gasteiger partial charge in [-0.1, -0.05) is 11.6 Å². The van der Waals surface area contributed by atoms with Crippen molar-refractivity contribution in [2.75, 3.05) is 0 Å². The molecule has 0 N–H and O–H groups in total. The van der Waals surface area contributed by atoms with Gasteiger partial charge < -0.3 is 4.57 Å². The lowest BCUT2D eigenvalue weighted by atomic mass is 10.3. The number of aromatic nitrogens is 2. The van der Waals surface area contributed by atoms with Crippen molar-refractivity contribution in [3.8, 4) is 0 Å². The molecule has 0 unspecified atom stereocenters. The Balaban J connectivity index is 2.26. The van der Waals surface area contributed by atoms with Crippen LogP contribution in [0.4, 0.5) is 0 Å². The highest BCUT2D eigenvalue weighted by molar-refractivity contribution is 6.31. The number of hydrogen-bond donors (Lipinski definition) is 0. The van der Waals surface area contributed by atoms with Gasteiger partial charge in [0.15, 0.2) is 0 Å². The Kier molecular flexibility index (Phi) is 1.41. The zero-order valence-electron chi connectivity index (χ0n) is 7.07. The van der Waals surface area contributed by atoms with Crippen LogP contribution in [0, 0.1) is 0 Å². The van der Waals surface area contributed by atoms with Crippen molar-refractivity contribution in [1.29, 1.82) is 0 Å². The van der Waals surface area contributed by atoms with E-state index in [0.717, 1.165) is 10.5 Å². The molecule has 0 atom stereocenters. The molecule has 1 aliphatic carbocycles. The van der Waals surface area contributed by atoms with Gasteiger partial charge in [0.25, 0.3) is 0 Å². The van der Waals surface area contributed by atoms with Gasteiger partial charge in [0.1, 0.15) is 0 Å². The highest BCUT2D eigenvalue weighted by Gasteiger charge is 2.24. The summed E-state index contributed by atoms with van der Waals surface area (Å²) in [5, 5.41) is 0.758. The van der Waals surface area contributed by atoms with Gasteiger partial charge in [-0.3, -0.25) is 0 Å². The fraction of sp³-hybridized carbons (Fsp3) is 0.300. The zero-order valence-corrected chi connectivity index (χ0v) is 7.83. The van der Waals surface area contributed by atoms with E-state index in [9.17, 15) is 0 Å². The summed E-state index contributed by atoms with van der Waals surface area (Å²) in [6, 6.07) is 6.56. The molecule has 13 heavy (non-hydrogen) atoms. The van der Waals surface area contributed by atoms with Gasteiger partial charge in [0.2, 0.25) is 0 Å². The number of fused-ring (bicyclic) bond motifs is 1. The third-order valence-corrected chi connectivity index (χ3v) is 2.71. The number of nitrogens with zero attached hydrogens (tertiary/aromatic N) is 2. The summed E-state index contributed by atoms with van der Waals surface area (Å²) in [4.78, 5) is 4.32. The monoisotopic (exact) mass is 192 g/mol. The van der Waals surface area contributed by atoms with Gasteiger partial charge in [-0.15, -0.1) is 0 Å². The summed E-state index contributed by atoms with van der Waals surface area (Å²) >= 11 is 5.87. The first kappa shape index (κ1) is 7.39. The second kappa shape index (κ2) is 2.48. The van der Waals surface area contributed by atoms with E-state index >= 15 is 0 Å². The Morgan fingerprint density at radius 3 is 3.00 bits per heavy atom. The third kappa shape index (κ3) is 1.13. The molecule has 1 aromatic carbocycles. The van der Waals surface area contributed by atoms with Crippen LogP contribution in [0.15, 0.2) is 24.5 Å². The summed E-state index contributed by atoms with van der Waals surface area (Å²) in [7, 11) is 0. The molecule has 66 valence electrons. The number of halogens is 1. The fourth-order valence-electron chi connectivity index (χ4n) is 1.65. The van der Waals surface area contributed by atoms with Crippen molar-refractivity contribution in [2.45, 2.75) is 18.9 Å². The fourth-order valence-corrected chi connectivity index (χ4v) is 1.81. The third-order valence-electron chi connectivity index (χ3n) is 2.48. The number of imidazole rings is 1. The van der Waals surface area contributed by atoms with E-state index in [-0.39, 0.29) is 0 Å². The van der Waals surface area contributed by atoms with E-state index in [2.05, 4.69) is 9.55 Å². The van der Waals surface area contributed by atoms with Crippen molar-refractivity contribution in [1.82, 2.24) is 9.55 Å². The van der Waals surface area contributed by atoms with Gasteiger partial charge in [-0.25, -0.2) is 4.98 Å². The maximum absolute atomic E-state index is 5.87. The minimum atomic E-state index is 0.686. The summed E-state index contributed by atoms with van der Waals surface area (Å²) in [5.74, 6) is 0. The molecule has 1 saturated carbocycles. The molecule has 0 saturated heterocycles. The lowest BCUT2D eigenvalue weighted by Gasteiger charge is -1.99. The quantitative estimate of drug-likeness (QED) is 0.679. The minimum Gasteiger partial charge on any atom is -0.327 e. The molecule has 2 nitrogen and oxygen atoms in total. The lowest BCUT2D eigenvalue weighted by molar-refractivity contribution is 0.766. The van der Waals surface area contributed by atoms with Crippen LogP contribution in [0.5, 0.6) is 0 Å². The predicted octanol–water partition coefficient (Wildman–Crippen LogP) is 3.02. The van der Waals surface area contributed by atoms with Gasteiger partial charge in [0, 0.05) is 11.1 Å². The molecule has 2 aromatic rings. The first-order valence-electron chi connectivity index (χ1n) is 4.47. The summed E-state index contributed by atoms with van der Waals surface area (Å²) in [5.41, 5.74) is 2.20. The Bertz CT molecular complexity index is 457. The first-order chi connectivity index (χ1) is 6.34.